The molecule has 106 valence electrons. The Kier molecular flexibility index (Phi) is 4.83. The third kappa shape index (κ3) is 3.04. The molecule has 2 aromatic rings. The molecule has 0 aliphatic rings. The second kappa shape index (κ2) is 6.41. The number of halogens is 3. The van der Waals surface area contributed by atoms with Gasteiger partial charge in [0.25, 0.3) is 0 Å². The Labute approximate surface area is 126 Å². The second-order valence-corrected chi connectivity index (χ2v) is 5.02. The van der Waals surface area contributed by atoms with Gasteiger partial charge in [-0.1, -0.05) is 23.2 Å². The highest BCUT2D eigenvalue weighted by Gasteiger charge is 2.21. The number of hydrazine groups is 1. The van der Waals surface area contributed by atoms with E-state index < -0.39 is 11.9 Å². The summed E-state index contributed by atoms with van der Waals surface area (Å²) in [5.41, 5.74) is 3.52. The molecule has 0 aliphatic carbocycles. The highest BCUT2D eigenvalue weighted by molar-refractivity contribution is 6.31. The molecule has 1 atom stereocenters. The van der Waals surface area contributed by atoms with Crippen molar-refractivity contribution in [3.8, 4) is 5.75 Å². The van der Waals surface area contributed by atoms with E-state index in [-0.39, 0.29) is 0 Å². The Morgan fingerprint density at radius 3 is 2.30 bits per heavy atom. The largest absolute Gasteiger partial charge is 0.496 e. The van der Waals surface area contributed by atoms with Gasteiger partial charge in [-0.2, -0.15) is 0 Å². The van der Waals surface area contributed by atoms with E-state index in [1.807, 2.05) is 0 Å². The summed E-state index contributed by atoms with van der Waals surface area (Å²) in [6.07, 6.45) is 0. The van der Waals surface area contributed by atoms with Gasteiger partial charge in [0.1, 0.15) is 11.6 Å². The molecule has 3 nitrogen and oxygen atoms in total. The summed E-state index contributed by atoms with van der Waals surface area (Å²) in [7, 11) is 1.52. The van der Waals surface area contributed by atoms with Gasteiger partial charge in [0, 0.05) is 21.2 Å². The van der Waals surface area contributed by atoms with Crippen molar-refractivity contribution in [1.29, 1.82) is 0 Å². The number of rotatable bonds is 4. The Morgan fingerprint density at radius 2 is 1.70 bits per heavy atom. The summed E-state index contributed by atoms with van der Waals surface area (Å²) in [5, 5.41) is 0.922. The number of hydrogen-bond acceptors (Lipinski definition) is 3. The van der Waals surface area contributed by atoms with Crippen LogP contribution in [0.1, 0.15) is 17.2 Å². The maximum Gasteiger partial charge on any atom is 0.128 e. The molecule has 2 aromatic carbocycles. The molecule has 3 N–H and O–H groups in total. The van der Waals surface area contributed by atoms with Crippen molar-refractivity contribution < 1.29 is 9.13 Å². The molecular formula is C14H13Cl2FN2O. The Bertz CT molecular complexity index is 622. The molecule has 0 spiro atoms. The van der Waals surface area contributed by atoms with Crippen LogP contribution in [0.5, 0.6) is 5.75 Å². The van der Waals surface area contributed by atoms with E-state index in [0.717, 1.165) is 0 Å². The average molecular weight is 315 g/mol. The van der Waals surface area contributed by atoms with Crippen LogP contribution >= 0.6 is 23.2 Å². The zero-order chi connectivity index (χ0) is 14.7. The van der Waals surface area contributed by atoms with Gasteiger partial charge in [-0.25, -0.2) is 9.82 Å². The maximum atomic E-state index is 14.0. The lowest BCUT2D eigenvalue weighted by atomic mass is 9.98. The second-order valence-electron chi connectivity index (χ2n) is 4.15. The number of ether oxygens (including phenoxy) is 1. The van der Waals surface area contributed by atoms with Gasteiger partial charge in [-0.3, -0.25) is 5.84 Å². The first-order valence-electron chi connectivity index (χ1n) is 5.81. The highest BCUT2D eigenvalue weighted by atomic mass is 35.5. The summed E-state index contributed by atoms with van der Waals surface area (Å²) in [6.45, 7) is 0. The third-order valence-corrected chi connectivity index (χ3v) is 3.41. The minimum Gasteiger partial charge on any atom is -0.496 e. The molecule has 6 heteroatoms. The van der Waals surface area contributed by atoms with Crippen LogP contribution in [-0.4, -0.2) is 7.11 Å². The van der Waals surface area contributed by atoms with Crippen molar-refractivity contribution >= 4 is 23.2 Å². The van der Waals surface area contributed by atoms with Gasteiger partial charge in [0.2, 0.25) is 0 Å². The van der Waals surface area contributed by atoms with Crippen LogP contribution in [0.4, 0.5) is 4.39 Å². The normalized spacial score (nSPS) is 12.2. The topological polar surface area (TPSA) is 47.3 Å². The van der Waals surface area contributed by atoms with Crippen LogP contribution < -0.4 is 16.0 Å². The Balaban J connectivity index is 2.57. The molecule has 2 rings (SSSR count). The fourth-order valence-electron chi connectivity index (χ4n) is 2.01. The predicted molar refractivity (Wildman–Crippen MR) is 78.6 cm³/mol. The van der Waals surface area contributed by atoms with Crippen molar-refractivity contribution in [2.75, 3.05) is 7.11 Å². The minimum absolute atomic E-state index is 0.320. The van der Waals surface area contributed by atoms with E-state index in [1.165, 1.54) is 25.3 Å². The molecule has 0 aromatic heterocycles. The van der Waals surface area contributed by atoms with Crippen LogP contribution in [0.2, 0.25) is 10.0 Å². The van der Waals surface area contributed by atoms with Crippen LogP contribution in [0, 0.1) is 5.82 Å². The number of methoxy groups -OCH3 is 1. The molecular weight excluding hydrogens is 302 g/mol. The summed E-state index contributed by atoms with van der Waals surface area (Å²) < 4.78 is 19.3. The van der Waals surface area contributed by atoms with Crippen LogP contribution in [0.25, 0.3) is 0 Å². The molecule has 0 bridgehead atoms. The molecule has 20 heavy (non-hydrogen) atoms. The first-order chi connectivity index (χ1) is 9.56. The van der Waals surface area contributed by atoms with Gasteiger partial charge in [-0.05, 0) is 36.4 Å². The maximum absolute atomic E-state index is 14.0. The average Bonchev–Trinajstić information content (AvgIpc) is 2.44. The number of hydrogen-bond donors (Lipinski definition) is 2. The van der Waals surface area contributed by atoms with Crippen LogP contribution in [-0.2, 0) is 0 Å². The molecule has 0 radical (unpaired) electrons. The molecule has 0 amide bonds. The van der Waals surface area contributed by atoms with E-state index in [1.54, 1.807) is 18.2 Å². The molecule has 0 aliphatic heterocycles. The fraction of sp³-hybridized carbons (Fsp3) is 0.143. The zero-order valence-corrected chi connectivity index (χ0v) is 12.2. The van der Waals surface area contributed by atoms with E-state index in [0.29, 0.717) is 26.9 Å². The highest BCUT2D eigenvalue weighted by Crippen LogP contribution is 2.33. The predicted octanol–water partition coefficient (Wildman–Crippen LogP) is 3.69. The lowest BCUT2D eigenvalue weighted by Crippen LogP contribution is -2.30. The van der Waals surface area contributed by atoms with Crippen molar-refractivity contribution in [1.82, 2.24) is 5.43 Å². The van der Waals surface area contributed by atoms with Crippen LogP contribution in [0.15, 0.2) is 36.4 Å². The van der Waals surface area contributed by atoms with E-state index in [4.69, 9.17) is 33.8 Å². The zero-order valence-electron chi connectivity index (χ0n) is 10.7. The van der Waals surface area contributed by atoms with Crippen molar-refractivity contribution in [2.24, 2.45) is 5.84 Å². The third-order valence-electron chi connectivity index (χ3n) is 2.94. The first-order valence-corrected chi connectivity index (χ1v) is 6.57. The number of nitrogens with one attached hydrogen (secondary N) is 1. The van der Waals surface area contributed by atoms with Gasteiger partial charge in [-0.15, -0.1) is 0 Å². The lowest BCUT2D eigenvalue weighted by molar-refractivity contribution is 0.403. The Morgan fingerprint density at radius 1 is 1.10 bits per heavy atom. The summed E-state index contributed by atoms with van der Waals surface area (Å²) in [5.74, 6) is 5.71. The number of nitrogens with two attached hydrogens (primary N) is 1. The smallest absolute Gasteiger partial charge is 0.128 e. The van der Waals surface area contributed by atoms with Gasteiger partial charge in [0.15, 0.2) is 0 Å². The molecule has 1 unspecified atom stereocenters. The van der Waals surface area contributed by atoms with E-state index in [2.05, 4.69) is 5.43 Å². The Hall–Kier alpha value is -1.33. The van der Waals surface area contributed by atoms with Crippen LogP contribution in [0.3, 0.4) is 0 Å². The quantitative estimate of drug-likeness (QED) is 0.668. The van der Waals surface area contributed by atoms with Gasteiger partial charge >= 0.3 is 0 Å². The lowest BCUT2D eigenvalue weighted by Gasteiger charge is -2.20. The first kappa shape index (κ1) is 15.1. The van der Waals surface area contributed by atoms with Gasteiger partial charge < -0.3 is 4.74 Å². The van der Waals surface area contributed by atoms with E-state index >= 15 is 0 Å². The minimum atomic E-state index is -0.623. The SMILES string of the molecule is COc1ccc(Cl)cc1C(NN)c1cc(Cl)ccc1F. The molecule has 0 saturated carbocycles. The van der Waals surface area contributed by atoms with Crippen molar-refractivity contribution in [2.45, 2.75) is 6.04 Å². The number of benzene rings is 2. The van der Waals surface area contributed by atoms with Gasteiger partial charge in [0.05, 0.1) is 13.2 Å². The molecule has 0 saturated heterocycles. The van der Waals surface area contributed by atoms with Crippen molar-refractivity contribution in [3.63, 3.8) is 0 Å². The summed E-state index contributed by atoms with van der Waals surface area (Å²) in [4.78, 5) is 0. The van der Waals surface area contributed by atoms with E-state index in [9.17, 15) is 4.39 Å². The standard InChI is InChI=1S/C14H13Cl2FN2O/c1-20-13-5-3-9(16)7-11(13)14(19-18)10-6-8(15)2-4-12(10)17/h2-7,14,19H,18H2,1H3. The summed E-state index contributed by atoms with van der Waals surface area (Å²) >= 11 is 11.9. The molecule has 0 heterocycles. The molecule has 0 fully saturated rings. The monoisotopic (exact) mass is 314 g/mol. The fourth-order valence-corrected chi connectivity index (χ4v) is 2.37. The van der Waals surface area contributed by atoms with Crippen molar-refractivity contribution in [3.05, 3.63) is 63.4 Å². The summed E-state index contributed by atoms with van der Waals surface area (Å²) in [6, 6.07) is 8.72.